The highest BCUT2D eigenvalue weighted by Crippen LogP contribution is 2.17. The molecule has 0 saturated carbocycles. The van der Waals surface area contributed by atoms with Crippen LogP contribution >= 0.6 is 0 Å². The fourth-order valence-corrected chi connectivity index (χ4v) is 2.68. The minimum atomic E-state index is -0.918. The van der Waals surface area contributed by atoms with Crippen molar-refractivity contribution in [2.45, 2.75) is 18.9 Å². The van der Waals surface area contributed by atoms with Crippen molar-refractivity contribution >= 4 is 22.8 Å². The van der Waals surface area contributed by atoms with E-state index in [0.717, 1.165) is 16.6 Å². The van der Waals surface area contributed by atoms with Crippen molar-refractivity contribution < 1.29 is 19.4 Å². The standard InChI is InChI=1S/C15H17N3O4/c19-14(18-5-6-22-10(9-18)7-15(20)21)8-13-11-3-1-2-4-12(11)16-17-13/h1-4,10H,5-9H2,(H,16,17)(H,20,21). The smallest absolute Gasteiger partial charge is 0.306 e. The molecule has 1 saturated heterocycles. The molecule has 0 aliphatic carbocycles. The molecule has 7 nitrogen and oxygen atoms in total. The number of nitrogens with zero attached hydrogens (tertiary/aromatic N) is 2. The molecule has 2 N–H and O–H groups in total. The molecule has 1 aliphatic heterocycles. The number of H-pyrrole nitrogens is 1. The van der Waals surface area contributed by atoms with Crippen LogP contribution in [0.3, 0.4) is 0 Å². The van der Waals surface area contributed by atoms with Crippen LogP contribution in [0.4, 0.5) is 0 Å². The number of para-hydroxylation sites is 1. The number of nitrogens with one attached hydrogen (secondary N) is 1. The van der Waals surface area contributed by atoms with Crippen molar-refractivity contribution in [3.63, 3.8) is 0 Å². The Kier molecular flexibility index (Phi) is 4.06. The summed E-state index contributed by atoms with van der Waals surface area (Å²) < 4.78 is 5.38. The zero-order valence-electron chi connectivity index (χ0n) is 12.0. The Balaban J connectivity index is 1.67. The SMILES string of the molecule is O=C(O)CC1CN(C(=O)Cc2[nH]nc3ccccc23)CCO1. The second kappa shape index (κ2) is 6.15. The number of fused-ring (bicyclic) bond motifs is 1. The third kappa shape index (κ3) is 3.09. The van der Waals surface area contributed by atoms with Gasteiger partial charge in [0.2, 0.25) is 5.91 Å². The van der Waals surface area contributed by atoms with Crippen molar-refractivity contribution in [3.05, 3.63) is 30.0 Å². The number of hydrogen-bond acceptors (Lipinski definition) is 4. The Labute approximate surface area is 126 Å². The van der Waals surface area contributed by atoms with E-state index in [9.17, 15) is 9.59 Å². The lowest BCUT2D eigenvalue weighted by molar-refractivity contribution is -0.147. The first kappa shape index (κ1) is 14.5. The molecular weight excluding hydrogens is 286 g/mol. The summed E-state index contributed by atoms with van der Waals surface area (Å²) in [7, 11) is 0. The van der Waals surface area contributed by atoms with Crippen molar-refractivity contribution in [2.75, 3.05) is 19.7 Å². The summed E-state index contributed by atoms with van der Waals surface area (Å²) in [5, 5.41) is 16.8. The molecule has 1 aromatic heterocycles. The number of carboxylic acids is 1. The van der Waals surface area contributed by atoms with Gasteiger partial charge in [0.1, 0.15) is 0 Å². The number of amides is 1. The number of carboxylic acid groups (broad SMARTS) is 1. The van der Waals surface area contributed by atoms with Gasteiger partial charge in [-0.05, 0) is 6.07 Å². The second-order valence-electron chi connectivity index (χ2n) is 5.33. The van der Waals surface area contributed by atoms with Crippen LogP contribution in [0.15, 0.2) is 24.3 Å². The molecule has 0 spiro atoms. The summed E-state index contributed by atoms with van der Waals surface area (Å²) >= 11 is 0. The van der Waals surface area contributed by atoms with Gasteiger partial charge in [-0.1, -0.05) is 18.2 Å². The normalized spacial score (nSPS) is 18.5. The quantitative estimate of drug-likeness (QED) is 0.871. The summed E-state index contributed by atoms with van der Waals surface area (Å²) in [6.07, 6.45) is -0.300. The van der Waals surface area contributed by atoms with Crippen molar-refractivity contribution in [1.29, 1.82) is 0 Å². The number of aromatic nitrogens is 2. The molecule has 2 aromatic rings. The van der Waals surface area contributed by atoms with Crippen LogP contribution in [0.2, 0.25) is 0 Å². The fourth-order valence-electron chi connectivity index (χ4n) is 2.68. The summed E-state index contributed by atoms with van der Waals surface area (Å²) in [6.45, 7) is 1.17. The molecule has 0 radical (unpaired) electrons. The highest BCUT2D eigenvalue weighted by Gasteiger charge is 2.26. The van der Waals surface area contributed by atoms with Crippen LogP contribution in [-0.4, -0.2) is 57.9 Å². The predicted molar refractivity (Wildman–Crippen MR) is 78.4 cm³/mol. The maximum absolute atomic E-state index is 12.4. The van der Waals surface area contributed by atoms with E-state index in [2.05, 4.69) is 10.2 Å². The van der Waals surface area contributed by atoms with E-state index >= 15 is 0 Å². The molecule has 1 aromatic carbocycles. The average molecular weight is 303 g/mol. The first-order chi connectivity index (χ1) is 10.6. The van der Waals surface area contributed by atoms with E-state index in [1.54, 1.807) is 4.90 Å². The molecular formula is C15H17N3O4. The van der Waals surface area contributed by atoms with Gasteiger partial charge in [0.05, 0.1) is 36.8 Å². The molecule has 1 aliphatic rings. The Morgan fingerprint density at radius 2 is 2.23 bits per heavy atom. The highest BCUT2D eigenvalue weighted by atomic mass is 16.5. The number of ether oxygens (including phenoxy) is 1. The van der Waals surface area contributed by atoms with Gasteiger partial charge in [0, 0.05) is 18.5 Å². The number of aliphatic carboxylic acids is 1. The summed E-state index contributed by atoms with van der Waals surface area (Å²) in [5.74, 6) is -0.966. The molecule has 0 bridgehead atoms. The molecule has 22 heavy (non-hydrogen) atoms. The number of hydrogen-bond donors (Lipinski definition) is 2. The average Bonchev–Trinajstić information content (AvgIpc) is 2.90. The molecule has 1 unspecified atom stereocenters. The van der Waals surface area contributed by atoms with Crippen molar-refractivity contribution in [2.24, 2.45) is 0 Å². The van der Waals surface area contributed by atoms with Crippen LogP contribution in [0, 0.1) is 0 Å². The van der Waals surface area contributed by atoms with Gasteiger partial charge in [-0.2, -0.15) is 5.10 Å². The summed E-state index contributed by atoms with van der Waals surface area (Å²) in [6, 6.07) is 7.61. The maximum Gasteiger partial charge on any atom is 0.306 e. The Hall–Kier alpha value is -2.41. The third-order valence-corrected chi connectivity index (χ3v) is 3.76. The van der Waals surface area contributed by atoms with Gasteiger partial charge in [0.15, 0.2) is 0 Å². The largest absolute Gasteiger partial charge is 0.481 e. The van der Waals surface area contributed by atoms with E-state index in [1.165, 1.54) is 0 Å². The third-order valence-electron chi connectivity index (χ3n) is 3.76. The first-order valence-electron chi connectivity index (χ1n) is 7.16. The Morgan fingerprint density at radius 1 is 1.41 bits per heavy atom. The fraction of sp³-hybridized carbons (Fsp3) is 0.400. The number of rotatable bonds is 4. The lowest BCUT2D eigenvalue weighted by atomic mass is 10.1. The molecule has 7 heteroatoms. The Bertz CT molecular complexity index is 697. The minimum Gasteiger partial charge on any atom is -0.481 e. The van der Waals surface area contributed by atoms with Gasteiger partial charge < -0.3 is 14.7 Å². The van der Waals surface area contributed by atoms with Crippen molar-refractivity contribution in [1.82, 2.24) is 15.1 Å². The van der Waals surface area contributed by atoms with E-state index in [1.807, 2.05) is 24.3 Å². The number of aromatic amines is 1. The molecule has 3 rings (SSSR count). The van der Waals surface area contributed by atoms with E-state index in [4.69, 9.17) is 9.84 Å². The van der Waals surface area contributed by atoms with Gasteiger partial charge in [-0.15, -0.1) is 0 Å². The van der Waals surface area contributed by atoms with E-state index in [0.29, 0.717) is 19.7 Å². The molecule has 116 valence electrons. The molecule has 1 amide bonds. The van der Waals surface area contributed by atoms with Gasteiger partial charge in [-0.25, -0.2) is 0 Å². The predicted octanol–water partition coefficient (Wildman–Crippen LogP) is 0.807. The Morgan fingerprint density at radius 3 is 3.05 bits per heavy atom. The summed E-state index contributed by atoms with van der Waals surface area (Å²) in [4.78, 5) is 24.8. The number of carbonyl (C=O) groups excluding carboxylic acids is 1. The number of benzene rings is 1. The van der Waals surface area contributed by atoms with Gasteiger partial charge in [-0.3, -0.25) is 14.7 Å². The highest BCUT2D eigenvalue weighted by molar-refractivity contribution is 5.87. The second-order valence-corrected chi connectivity index (χ2v) is 5.33. The molecule has 2 heterocycles. The number of morpholine rings is 1. The zero-order chi connectivity index (χ0) is 15.5. The minimum absolute atomic E-state index is 0.0481. The first-order valence-corrected chi connectivity index (χ1v) is 7.16. The van der Waals surface area contributed by atoms with Gasteiger partial charge in [0.25, 0.3) is 0 Å². The van der Waals surface area contributed by atoms with E-state index < -0.39 is 12.1 Å². The zero-order valence-corrected chi connectivity index (χ0v) is 12.0. The molecule has 1 atom stereocenters. The topological polar surface area (TPSA) is 95.5 Å². The van der Waals surface area contributed by atoms with Crippen LogP contribution in [0.1, 0.15) is 12.1 Å². The monoisotopic (exact) mass is 303 g/mol. The number of carbonyl (C=O) groups is 2. The van der Waals surface area contributed by atoms with Crippen molar-refractivity contribution in [3.8, 4) is 0 Å². The molecule has 1 fully saturated rings. The lowest BCUT2D eigenvalue weighted by Gasteiger charge is -2.32. The maximum atomic E-state index is 12.4. The van der Waals surface area contributed by atoms with Crippen LogP contribution in [-0.2, 0) is 20.7 Å². The van der Waals surface area contributed by atoms with Crippen LogP contribution in [0.5, 0.6) is 0 Å². The van der Waals surface area contributed by atoms with Crippen LogP contribution in [0.25, 0.3) is 10.9 Å². The van der Waals surface area contributed by atoms with Crippen LogP contribution < -0.4 is 0 Å². The summed E-state index contributed by atoms with van der Waals surface area (Å²) in [5.41, 5.74) is 1.61. The van der Waals surface area contributed by atoms with E-state index in [-0.39, 0.29) is 18.7 Å². The lowest BCUT2D eigenvalue weighted by Crippen LogP contribution is -2.46. The van der Waals surface area contributed by atoms with Gasteiger partial charge >= 0.3 is 5.97 Å².